The first kappa shape index (κ1) is 27.7. The minimum absolute atomic E-state index is 0.117. The zero-order chi connectivity index (χ0) is 28.4. The molecule has 13 heteroatoms. The minimum atomic E-state index is -0.355. The van der Waals surface area contributed by atoms with Gasteiger partial charge in [0, 0.05) is 50.4 Å². The third kappa shape index (κ3) is 5.68. The van der Waals surface area contributed by atoms with E-state index in [-0.39, 0.29) is 34.4 Å². The Balaban J connectivity index is 1.49. The largest absolute Gasteiger partial charge is 0.377 e. The van der Waals surface area contributed by atoms with Crippen molar-refractivity contribution in [3.05, 3.63) is 75.1 Å². The molecule has 4 heterocycles. The molecule has 1 saturated heterocycles. The lowest BCUT2D eigenvalue weighted by molar-refractivity contribution is 0.0980. The van der Waals surface area contributed by atoms with Crippen LogP contribution in [-0.4, -0.2) is 55.8 Å². The van der Waals surface area contributed by atoms with Gasteiger partial charge in [0.15, 0.2) is 5.69 Å². The van der Waals surface area contributed by atoms with Gasteiger partial charge in [-0.3, -0.25) is 18.9 Å². The molecule has 1 fully saturated rings. The molecule has 0 radical (unpaired) electrons. The fourth-order valence-corrected chi connectivity index (χ4v) is 5.38. The lowest BCUT2D eigenvalue weighted by Gasteiger charge is -2.23. The van der Waals surface area contributed by atoms with E-state index in [1.165, 1.54) is 11.9 Å². The molecule has 1 aliphatic rings. The van der Waals surface area contributed by atoms with E-state index < -0.39 is 0 Å². The molecule has 11 nitrogen and oxygen atoms in total. The molecule has 1 aliphatic heterocycles. The Morgan fingerprint density at radius 3 is 2.73 bits per heavy atom. The van der Waals surface area contributed by atoms with Gasteiger partial charge in [0.1, 0.15) is 5.15 Å². The summed E-state index contributed by atoms with van der Waals surface area (Å²) < 4.78 is 4.30. The maximum absolute atomic E-state index is 13.6. The smallest absolute Gasteiger partial charge is 0.281 e. The van der Waals surface area contributed by atoms with Crippen LogP contribution in [-0.2, 0) is 7.05 Å². The van der Waals surface area contributed by atoms with E-state index in [1.54, 1.807) is 48.5 Å². The summed E-state index contributed by atoms with van der Waals surface area (Å²) in [6, 6.07) is 8.84. The van der Waals surface area contributed by atoms with E-state index in [1.807, 2.05) is 26.0 Å². The van der Waals surface area contributed by atoms with Crippen molar-refractivity contribution in [1.29, 1.82) is 0 Å². The summed E-state index contributed by atoms with van der Waals surface area (Å²) in [7, 11) is 1.75. The molecule has 5 rings (SSSR count). The molecule has 0 spiro atoms. The van der Waals surface area contributed by atoms with E-state index in [0.29, 0.717) is 35.0 Å². The third-order valence-electron chi connectivity index (χ3n) is 6.81. The predicted molar refractivity (Wildman–Crippen MR) is 160 cm³/mol. The average Bonchev–Trinajstić information content (AvgIpc) is 3.40. The molecule has 4 aromatic rings. The van der Waals surface area contributed by atoms with E-state index in [0.717, 1.165) is 24.1 Å². The number of amides is 1. The van der Waals surface area contributed by atoms with Crippen molar-refractivity contribution in [3.8, 4) is 0 Å². The van der Waals surface area contributed by atoms with Crippen LogP contribution in [0, 0.1) is 6.92 Å². The van der Waals surface area contributed by atoms with Gasteiger partial charge in [-0.05, 0) is 50.1 Å². The molecular weight excluding hydrogens is 550 g/mol. The number of benzene rings is 1. The van der Waals surface area contributed by atoms with Gasteiger partial charge in [-0.25, -0.2) is 19.9 Å². The summed E-state index contributed by atoms with van der Waals surface area (Å²) in [6.07, 6.45) is 6.02. The summed E-state index contributed by atoms with van der Waals surface area (Å²) in [5.41, 5.74) is 2.99. The van der Waals surface area contributed by atoms with Crippen LogP contribution in [0.3, 0.4) is 0 Å². The highest BCUT2D eigenvalue weighted by Crippen LogP contribution is 2.30. The van der Waals surface area contributed by atoms with Gasteiger partial charge in [0.05, 0.1) is 22.6 Å². The van der Waals surface area contributed by atoms with Crippen molar-refractivity contribution in [3.63, 3.8) is 0 Å². The van der Waals surface area contributed by atoms with E-state index >= 15 is 0 Å². The Bertz CT molecular complexity index is 1620. The maximum atomic E-state index is 13.6. The number of fused-ring (bicyclic) bond motifs is 1. The SMILES string of the molecule is CSNC(=O)c1nc(Cl)ccc1NC(C)c1cc(C)cc2c(=O)n(C)c(N3CCC(Nc4ncccn4)C3)nc12. The molecule has 3 aromatic heterocycles. The molecule has 2 unspecified atom stereocenters. The number of nitrogens with zero attached hydrogens (tertiary/aromatic N) is 6. The molecule has 0 saturated carbocycles. The molecule has 0 aliphatic carbocycles. The highest BCUT2D eigenvalue weighted by atomic mass is 35.5. The van der Waals surface area contributed by atoms with Crippen LogP contribution in [0.5, 0.6) is 0 Å². The van der Waals surface area contributed by atoms with E-state index in [9.17, 15) is 9.59 Å². The summed E-state index contributed by atoms with van der Waals surface area (Å²) >= 11 is 7.27. The van der Waals surface area contributed by atoms with Crippen LogP contribution in [0.15, 0.2) is 47.5 Å². The zero-order valence-electron chi connectivity index (χ0n) is 22.6. The monoisotopic (exact) mass is 579 g/mol. The van der Waals surface area contributed by atoms with Crippen LogP contribution in [0.2, 0.25) is 5.15 Å². The van der Waals surface area contributed by atoms with Crippen molar-refractivity contribution >= 4 is 57.9 Å². The molecule has 40 heavy (non-hydrogen) atoms. The first-order valence-corrected chi connectivity index (χ1v) is 14.4. The number of carbonyl (C=O) groups is 1. The Morgan fingerprint density at radius 1 is 1.20 bits per heavy atom. The number of hydrogen-bond acceptors (Lipinski definition) is 10. The first-order valence-electron chi connectivity index (χ1n) is 12.8. The van der Waals surface area contributed by atoms with Gasteiger partial charge < -0.3 is 15.5 Å². The summed E-state index contributed by atoms with van der Waals surface area (Å²) in [6.45, 7) is 5.30. The van der Waals surface area contributed by atoms with Crippen LogP contribution < -0.4 is 25.8 Å². The highest BCUT2D eigenvalue weighted by molar-refractivity contribution is 7.97. The van der Waals surface area contributed by atoms with Gasteiger partial charge in [0.2, 0.25) is 11.9 Å². The normalized spacial score (nSPS) is 15.7. The quantitative estimate of drug-likeness (QED) is 0.208. The minimum Gasteiger partial charge on any atom is -0.377 e. The summed E-state index contributed by atoms with van der Waals surface area (Å²) in [5.74, 6) is 0.821. The van der Waals surface area contributed by atoms with Crippen molar-refractivity contribution in [2.45, 2.75) is 32.4 Å². The molecule has 1 amide bonds. The van der Waals surface area contributed by atoms with Gasteiger partial charge in [-0.2, -0.15) is 0 Å². The van der Waals surface area contributed by atoms with Gasteiger partial charge in [-0.1, -0.05) is 29.6 Å². The van der Waals surface area contributed by atoms with Crippen LogP contribution in [0.1, 0.15) is 41.0 Å². The molecule has 2 atom stereocenters. The topological polar surface area (TPSA) is 130 Å². The number of halogens is 1. The summed E-state index contributed by atoms with van der Waals surface area (Å²) in [5, 5.41) is 7.52. The molecule has 0 bridgehead atoms. The standard InChI is InChI=1S/C27H30ClN9O2S/c1-15-12-18(16(2)31-20-6-7-21(28)33-23(20)24(38)35-40-4)22-19(13-15)25(39)36(3)27(34-22)37-11-8-17(14-37)32-26-29-9-5-10-30-26/h5-7,9-10,12-13,16-17,31H,8,11,14H2,1-4H3,(H,35,38)(H,29,30,32). The average molecular weight is 580 g/mol. The number of anilines is 3. The van der Waals surface area contributed by atoms with Crippen LogP contribution in [0.25, 0.3) is 10.9 Å². The number of nitrogens with one attached hydrogen (secondary N) is 3. The Kier molecular flexibility index (Phi) is 8.08. The maximum Gasteiger partial charge on any atom is 0.281 e. The Labute approximate surface area is 240 Å². The number of aryl methyl sites for hydroxylation is 1. The van der Waals surface area contributed by atoms with Gasteiger partial charge in [-0.15, -0.1) is 0 Å². The summed E-state index contributed by atoms with van der Waals surface area (Å²) in [4.78, 5) is 46.1. The Morgan fingerprint density at radius 2 is 1.98 bits per heavy atom. The predicted octanol–water partition coefficient (Wildman–Crippen LogP) is 3.95. The molecule has 1 aromatic carbocycles. The second kappa shape index (κ2) is 11.7. The number of pyridine rings is 1. The number of rotatable bonds is 8. The zero-order valence-corrected chi connectivity index (χ0v) is 24.2. The van der Waals surface area contributed by atoms with Gasteiger partial charge in [0.25, 0.3) is 11.5 Å². The second-order valence-corrected chi connectivity index (χ2v) is 10.7. The molecular formula is C27H30ClN9O2S. The Hall–Kier alpha value is -3.90. The van der Waals surface area contributed by atoms with Crippen LogP contribution in [0.4, 0.5) is 17.6 Å². The van der Waals surface area contributed by atoms with Crippen LogP contribution >= 0.6 is 23.5 Å². The number of aromatic nitrogens is 5. The van der Waals surface area contributed by atoms with Gasteiger partial charge >= 0.3 is 0 Å². The van der Waals surface area contributed by atoms with Crippen molar-refractivity contribution in [2.75, 3.05) is 34.9 Å². The number of carbonyl (C=O) groups excluding carboxylic acids is 1. The second-order valence-electron chi connectivity index (χ2n) is 9.71. The lowest BCUT2D eigenvalue weighted by atomic mass is 10.0. The van der Waals surface area contributed by atoms with Crippen molar-refractivity contribution in [2.24, 2.45) is 7.05 Å². The lowest BCUT2D eigenvalue weighted by Crippen LogP contribution is -2.32. The van der Waals surface area contributed by atoms with E-state index in [2.05, 4.69) is 35.2 Å². The van der Waals surface area contributed by atoms with Crippen molar-refractivity contribution in [1.82, 2.24) is 29.2 Å². The fraction of sp³-hybridized carbons (Fsp3) is 0.333. The molecule has 208 valence electrons. The highest BCUT2D eigenvalue weighted by Gasteiger charge is 2.27. The van der Waals surface area contributed by atoms with Crippen molar-refractivity contribution < 1.29 is 4.79 Å². The first-order chi connectivity index (χ1) is 19.2. The fourth-order valence-electron chi connectivity index (χ4n) is 4.95. The third-order valence-corrected chi connectivity index (χ3v) is 7.41. The molecule has 3 N–H and O–H groups in total. The van der Waals surface area contributed by atoms with E-state index in [4.69, 9.17) is 16.6 Å². The number of hydrogen-bond donors (Lipinski definition) is 3.